The van der Waals surface area contributed by atoms with Gasteiger partial charge in [-0.3, -0.25) is 0 Å². The highest BCUT2D eigenvalue weighted by Gasteiger charge is 2.32. The monoisotopic (exact) mass is 152 g/mol. The van der Waals surface area contributed by atoms with Gasteiger partial charge in [0.05, 0.1) is 0 Å². The Bertz CT molecular complexity index is 172. The Kier molecular flexibility index (Phi) is 2.48. The van der Waals surface area contributed by atoms with Crippen LogP contribution in [0.3, 0.4) is 0 Å². The van der Waals surface area contributed by atoms with Crippen LogP contribution in [-0.2, 0) is 4.79 Å². The number of hydrogen-bond donors (Lipinski definition) is 0. The molecule has 62 valence electrons. The minimum atomic E-state index is 0.243. The molecular weight excluding hydrogens is 136 g/mol. The molecular formula is C10H16O. The molecule has 0 unspecified atom stereocenters. The molecule has 1 aliphatic rings. The second-order valence-electron chi connectivity index (χ2n) is 3.72. The van der Waals surface area contributed by atoms with E-state index in [-0.39, 0.29) is 5.92 Å². The molecule has 0 amide bonds. The minimum absolute atomic E-state index is 0.243. The molecule has 1 fully saturated rings. The predicted molar refractivity (Wildman–Crippen MR) is 46.3 cm³/mol. The fraction of sp³-hybridized carbons (Fsp3) is 0.700. The highest BCUT2D eigenvalue weighted by Crippen LogP contribution is 2.38. The first-order valence-electron chi connectivity index (χ1n) is 4.27. The lowest BCUT2D eigenvalue weighted by atomic mass is 9.88. The van der Waals surface area contributed by atoms with Gasteiger partial charge >= 0.3 is 0 Å². The molecule has 1 nitrogen and oxygen atoms in total. The van der Waals surface area contributed by atoms with Crippen LogP contribution in [0.2, 0.25) is 0 Å². The van der Waals surface area contributed by atoms with Crippen LogP contribution in [0.1, 0.15) is 26.7 Å². The van der Waals surface area contributed by atoms with E-state index in [1.165, 1.54) is 12.0 Å². The van der Waals surface area contributed by atoms with Gasteiger partial charge in [0.1, 0.15) is 6.29 Å². The standard InChI is InChI=1S/C10H16O/c1-7(2)9-5-4-8(3)10(9)6-11/h6,8-10H,1,4-5H2,2-3H3/t8-,9+,10+/m1/s1. The van der Waals surface area contributed by atoms with Crippen LogP contribution in [0.15, 0.2) is 12.2 Å². The van der Waals surface area contributed by atoms with Crippen LogP contribution < -0.4 is 0 Å². The van der Waals surface area contributed by atoms with Crippen LogP contribution in [0.4, 0.5) is 0 Å². The van der Waals surface area contributed by atoms with E-state index in [1.807, 2.05) is 6.92 Å². The molecule has 0 aromatic heterocycles. The van der Waals surface area contributed by atoms with Crippen molar-refractivity contribution >= 4 is 6.29 Å². The highest BCUT2D eigenvalue weighted by molar-refractivity contribution is 5.56. The third-order valence-corrected chi connectivity index (χ3v) is 2.84. The average molecular weight is 152 g/mol. The summed E-state index contributed by atoms with van der Waals surface area (Å²) < 4.78 is 0. The zero-order valence-corrected chi connectivity index (χ0v) is 7.34. The molecule has 1 heteroatoms. The van der Waals surface area contributed by atoms with Gasteiger partial charge in [-0.15, -0.1) is 0 Å². The lowest BCUT2D eigenvalue weighted by molar-refractivity contribution is -0.112. The van der Waals surface area contributed by atoms with Gasteiger partial charge in [-0.05, 0) is 31.6 Å². The second kappa shape index (κ2) is 3.21. The molecule has 0 aliphatic heterocycles. The van der Waals surface area contributed by atoms with Gasteiger partial charge in [0.2, 0.25) is 0 Å². The van der Waals surface area contributed by atoms with E-state index in [4.69, 9.17) is 0 Å². The van der Waals surface area contributed by atoms with Gasteiger partial charge in [0.15, 0.2) is 0 Å². The van der Waals surface area contributed by atoms with Crippen molar-refractivity contribution in [2.45, 2.75) is 26.7 Å². The van der Waals surface area contributed by atoms with Gasteiger partial charge in [-0.2, -0.15) is 0 Å². The van der Waals surface area contributed by atoms with Gasteiger partial charge in [0.25, 0.3) is 0 Å². The molecule has 0 heterocycles. The van der Waals surface area contributed by atoms with Crippen LogP contribution in [-0.4, -0.2) is 6.29 Å². The van der Waals surface area contributed by atoms with Crippen molar-refractivity contribution in [3.05, 3.63) is 12.2 Å². The molecule has 1 aliphatic carbocycles. The van der Waals surface area contributed by atoms with Crippen LogP contribution in [0.5, 0.6) is 0 Å². The maximum absolute atomic E-state index is 10.7. The zero-order valence-electron chi connectivity index (χ0n) is 7.34. The normalized spacial score (nSPS) is 37.1. The maximum Gasteiger partial charge on any atom is 0.123 e. The zero-order chi connectivity index (χ0) is 8.43. The summed E-state index contributed by atoms with van der Waals surface area (Å²) in [5, 5.41) is 0. The van der Waals surface area contributed by atoms with E-state index in [0.717, 1.165) is 12.7 Å². The summed E-state index contributed by atoms with van der Waals surface area (Å²) in [5.74, 6) is 1.27. The SMILES string of the molecule is C=C(C)[C@@H]1CC[C@@H](C)[C@@H]1C=O. The number of carbonyl (C=O) groups excluding carboxylic acids is 1. The molecule has 0 spiro atoms. The molecule has 0 bridgehead atoms. The predicted octanol–water partition coefficient (Wildman–Crippen LogP) is 2.42. The molecule has 0 N–H and O–H groups in total. The van der Waals surface area contributed by atoms with E-state index < -0.39 is 0 Å². The van der Waals surface area contributed by atoms with Crippen molar-refractivity contribution in [3.63, 3.8) is 0 Å². The van der Waals surface area contributed by atoms with E-state index in [9.17, 15) is 4.79 Å². The topological polar surface area (TPSA) is 17.1 Å². The smallest absolute Gasteiger partial charge is 0.123 e. The largest absolute Gasteiger partial charge is 0.303 e. The Morgan fingerprint density at radius 1 is 1.55 bits per heavy atom. The average Bonchev–Trinajstić information content (AvgIpc) is 2.30. The first-order valence-corrected chi connectivity index (χ1v) is 4.27. The number of carbonyl (C=O) groups is 1. The summed E-state index contributed by atoms with van der Waals surface area (Å²) in [6, 6.07) is 0. The van der Waals surface area contributed by atoms with Crippen molar-refractivity contribution in [1.82, 2.24) is 0 Å². The van der Waals surface area contributed by atoms with Crippen LogP contribution >= 0.6 is 0 Å². The quantitative estimate of drug-likeness (QED) is 0.438. The first kappa shape index (κ1) is 8.51. The molecule has 0 saturated heterocycles. The lowest BCUT2D eigenvalue weighted by Crippen LogP contribution is -2.14. The van der Waals surface area contributed by atoms with Crippen molar-refractivity contribution in [3.8, 4) is 0 Å². The second-order valence-corrected chi connectivity index (χ2v) is 3.72. The molecule has 3 atom stereocenters. The molecule has 0 radical (unpaired) electrons. The maximum atomic E-state index is 10.7. The van der Waals surface area contributed by atoms with E-state index in [2.05, 4.69) is 13.5 Å². The molecule has 1 rings (SSSR count). The molecule has 11 heavy (non-hydrogen) atoms. The highest BCUT2D eigenvalue weighted by atomic mass is 16.1. The van der Waals surface area contributed by atoms with Gasteiger partial charge < -0.3 is 4.79 Å². The minimum Gasteiger partial charge on any atom is -0.303 e. The summed E-state index contributed by atoms with van der Waals surface area (Å²) in [6.45, 7) is 8.09. The summed E-state index contributed by atoms with van der Waals surface area (Å²) in [4.78, 5) is 10.7. The summed E-state index contributed by atoms with van der Waals surface area (Å²) in [5.41, 5.74) is 1.17. The molecule has 0 aromatic rings. The summed E-state index contributed by atoms with van der Waals surface area (Å²) in [6.07, 6.45) is 3.44. The van der Waals surface area contributed by atoms with Crippen molar-refractivity contribution in [1.29, 1.82) is 0 Å². The Hall–Kier alpha value is -0.590. The van der Waals surface area contributed by atoms with Crippen LogP contribution in [0, 0.1) is 17.8 Å². The number of allylic oxidation sites excluding steroid dienone is 1. The van der Waals surface area contributed by atoms with Crippen molar-refractivity contribution in [2.75, 3.05) is 0 Å². The third kappa shape index (κ3) is 1.52. The third-order valence-electron chi connectivity index (χ3n) is 2.84. The van der Waals surface area contributed by atoms with Gasteiger partial charge in [0, 0.05) is 5.92 Å². The lowest BCUT2D eigenvalue weighted by Gasteiger charge is -2.16. The Balaban J connectivity index is 2.68. The Morgan fingerprint density at radius 3 is 2.55 bits per heavy atom. The fourth-order valence-electron chi connectivity index (χ4n) is 2.03. The summed E-state index contributed by atoms with van der Waals surface area (Å²) in [7, 11) is 0. The molecule has 0 aromatic carbocycles. The van der Waals surface area contributed by atoms with Gasteiger partial charge in [-0.25, -0.2) is 0 Å². The Labute approximate surface area is 68.5 Å². The van der Waals surface area contributed by atoms with E-state index in [0.29, 0.717) is 11.8 Å². The van der Waals surface area contributed by atoms with Crippen molar-refractivity contribution in [2.24, 2.45) is 17.8 Å². The van der Waals surface area contributed by atoms with Crippen molar-refractivity contribution < 1.29 is 4.79 Å². The summed E-state index contributed by atoms with van der Waals surface area (Å²) >= 11 is 0. The van der Waals surface area contributed by atoms with E-state index >= 15 is 0 Å². The van der Waals surface area contributed by atoms with Gasteiger partial charge in [-0.1, -0.05) is 19.1 Å². The number of rotatable bonds is 2. The Morgan fingerprint density at radius 2 is 2.18 bits per heavy atom. The number of hydrogen-bond acceptors (Lipinski definition) is 1. The first-order chi connectivity index (χ1) is 5.16. The fourth-order valence-corrected chi connectivity index (χ4v) is 2.03. The molecule has 1 saturated carbocycles. The van der Waals surface area contributed by atoms with E-state index in [1.54, 1.807) is 0 Å². The number of aldehydes is 1. The van der Waals surface area contributed by atoms with Crippen LogP contribution in [0.25, 0.3) is 0 Å².